The van der Waals surface area contributed by atoms with Crippen molar-refractivity contribution in [2.45, 2.75) is 397 Å². The molecule has 6 aliphatic rings. The summed E-state index contributed by atoms with van der Waals surface area (Å²) in [5.74, 6) is 6.04. The molecule has 0 radical (unpaired) electrons. The molecule has 1 unspecified atom stereocenters. The van der Waals surface area contributed by atoms with Crippen LogP contribution < -0.4 is 9.47 Å². The molecular weight excluding hydrogens is 2020 g/mol. The van der Waals surface area contributed by atoms with Crippen molar-refractivity contribution in [1.82, 2.24) is 23.8 Å². The topological polar surface area (TPSA) is 128 Å². The summed E-state index contributed by atoms with van der Waals surface area (Å²) in [5.41, 5.74) is -7.81. The van der Waals surface area contributed by atoms with Gasteiger partial charge in [0.1, 0.15) is 37.9 Å². The van der Waals surface area contributed by atoms with Crippen LogP contribution in [0.2, 0.25) is 0 Å². The second-order valence-corrected chi connectivity index (χ2v) is 51.8. The van der Waals surface area contributed by atoms with Crippen molar-refractivity contribution in [3.63, 3.8) is 0 Å². The van der Waals surface area contributed by atoms with Crippen LogP contribution in [0.4, 0.5) is 79.0 Å². The standard InChI is InChI=1S/C48H75F9N3O5PS2.C39H58F9NO4S2.C15H32N3OP/c1-34(2)60(35(3)4)66(65-30-24-58-8)64-29-12-10-11-13-32-67-68-43(5,6)23-25-59(9)26-31-61-37-16-18-38-36(33-37)15-17-40-39(38)21-22-44(7)41(40)19-20-42(44)62-27-14-28-63-45(46(49,50)51,47(52,53)54)48(55,56)57;1-34(2,55-54-25-8-6-5-7-21-50)18-19-49(4)20-24-51-28-11-13-29-27(26-28)10-12-31-30(29)16-17-35(3)32(31)14-15-33(35)52-22-9-23-53-36(37(40,41)42,38(43,44)45)39(46,47)48;1-12(2)17(13(3)4)20(19-11-10-16-9)18(14(5)6)15(7)8/h16,18,33-35,39-42H,10-15,17,19-32H2,1-7,9H3;11,13,26,30-33,50H,5-10,12,14-25H2,1-4H3;12-15H,10-11H2,1-8H3/t39-,40-,41+,42+,44+,66?;30-,31-,32+,33+,35+;/m11./s1. The largest absolute Gasteiger partial charge is 0.492 e. The fourth-order valence-corrected chi connectivity index (χ4v) is 31.0. The lowest BCUT2D eigenvalue weighted by Gasteiger charge is -2.50. The van der Waals surface area contributed by atoms with Gasteiger partial charge in [0.25, 0.3) is 8.53 Å². The Kier molecular flexibility index (Phi) is 53.0. The van der Waals surface area contributed by atoms with Crippen LogP contribution in [0, 0.1) is 47.6 Å². The van der Waals surface area contributed by atoms with E-state index in [1.165, 1.54) is 28.7 Å². The summed E-state index contributed by atoms with van der Waals surface area (Å²) >= 11 is 0. The number of rotatable bonds is 59. The SMILES string of the molecule is CN(CCOc1ccc2c(c1)CC[C@@H]1[C@@H]2CC[C@]2(C)[C@@H](OCCCOC(C(F)(F)F)(C(F)(F)F)C(F)(F)F)CC[C@@H]12)CCC(C)(C)SSCCCCCCO.[C-]#[N+]CCOP(N(C(C)C)C(C)C)N(C(C)C)C(C)C.[C-]#[N+]CCOP(OCCCCCCSSC(C)(C)CCN(C)CCOc1ccc2c(c1)CC[C@@H]1[C@@H]2CC[C@]2(C)[C@@H](OCCCOC(C(F)(F)F)(C(F)(F)F)C(F)(F)F)CC[C@@H]12)N(C(C)C)C(C)C. The molecule has 143 heavy (non-hydrogen) atoms. The van der Waals surface area contributed by atoms with Crippen LogP contribution in [0.15, 0.2) is 36.4 Å². The molecule has 0 amide bonds. The molecule has 0 bridgehead atoms. The molecule has 828 valence electrons. The lowest BCUT2D eigenvalue weighted by Crippen LogP contribution is -2.67. The highest BCUT2D eigenvalue weighted by Crippen LogP contribution is 2.65. The minimum atomic E-state index is -6.74. The third-order valence-electron chi connectivity index (χ3n) is 28.7. The quantitative estimate of drug-likeness (QED) is 0.0222. The van der Waals surface area contributed by atoms with E-state index in [0.29, 0.717) is 131 Å². The predicted octanol–water partition coefficient (Wildman–Crippen LogP) is 30.0. The van der Waals surface area contributed by atoms with Gasteiger partial charge in [-0.15, -0.1) is 0 Å². The van der Waals surface area contributed by atoms with E-state index in [2.05, 4.69) is 206 Å². The summed E-state index contributed by atoms with van der Waals surface area (Å²) in [6.07, 6.45) is -21.1. The van der Waals surface area contributed by atoms with Gasteiger partial charge in [0.2, 0.25) is 13.1 Å². The number of fused-ring (bicyclic) bond motifs is 10. The minimum Gasteiger partial charge on any atom is -0.492 e. The van der Waals surface area contributed by atoms with E-state index in [9.17, 15) is 79.0 Å². The molecule has 6 aliphatic carbocycles. The molecule has 2 aromatic rings. The molecule has 11 atom stereocenters. The van der Waals surface area contributed by atoms with Crippen LogP contribution in [-0.4, -0.2) is 266 Å². The first-order chi connectivity index (χ1) is 66.7. The molecule has 2 aromatic carbocycles. The highest BCUT2D eigenvalue weighted by atomic mass is 33.1. The summed E-state index contributed by atoms with van der Waals surface area (Å²) in [6, 6.07) is 15.1. The number of likely N-dealkylation sites (N-methyl/N-ethyl adjacent to an activating group) is 2. The van der Waals surface area contributed by atoms with Crippen molar-refractivity contribution in [1.29, 1.82) is 0 Å². The van der Waals surface area contributed by atoms with Gasteiger partial charge in [0.05, 0.1) is 32.0 Å². The number of halogens is 18. The van der Waals surface area contributed by atoms with E-state index in [1.54, 1.807) is 0 Å². The van der Waals surface area contributed by atoms with Crippen molar-refractivity contribution >= 4 is 60.2 Å². The Labute approximate surface area is 860 Å². The smallest absolute Gasteiger partial charge is 0.435 e. The first-order valence-corrected chi connectivity index (χ1v) is 58.1. The molecule has 1 N–H and O–H groups in total. The molecule has 41 heteroatoms. The number of hydrogen-bond acceptors (Lipinski definition) is 19. The zero-order valence-electron chi connectivity index (χ0n) is 87.8. The average molecular weight is 2180 g/mol. The van der Waals surface area contributed by atoms with Gasteiger partial charge in [0.15, 0.2) is 8.45 Å². The zero-order valence-corrected chi connectivity index (χ0v) is 92.9. The number of aryl methyl sites for hydroxylation is 2. The van der Waals surface area contributed by atoms with Gasteiger partial charge < -0.3 is 66.6 Å². The van der Waals surface area contributed by atoms with E-state index < -0.39 is 91.3 Å². The molecular formula is C102H165F18N7O10P2S4. The average Bonchev–Trinajstić information content (AvgIpc) is 1.66. The van der Waals surface area contributed by atoms with Gasteiger partial charge >= 0.3 is 48.3 Å². The number of hydrogen-bond donors (Lipinski definition) is 1. The Bertz CT molecular complexity index is 3960. The zero-order chi connectivity index (χ0) is 107. The van der Waals surface area contributed by atoms with E-state index in [1.807, 2.05) is 55.3 Å². The van der Waals surface area contributed by atoms with Crippen molar-refractivity contribution in [2.75, 3.05) is 131 Å². The normalized spacial score (nSPS) is 22.3. The number of ether oxygens (including phenoxy) is 6. The maximum atomic E-state index is 13.2. The van der Waals surface area contributed by atoms with E-state index in [-0.39, 0.29) is 52.4 Å². The maximum Gasteiger partial charge on any atom is 0.435 e. The van der Waals surface area contributed by atoms with Crippen molar-refractivity contribution in [3.05, 3.63) is 81.5 Å². The molecule has 0 saturated heterocycles. The molecule has 4 fully saturated rings. The summed E-state index contributed by atoms with van der Waals surface area (Å²) < 4.78 is 295. The van der Waals surface area contributed by atoms with Gasteiger partial charge in [0, 0.05) is 90.2 Å². The van der Waals surface area contributed by atoms with Gasteiger partial charge in [-0.2, -0.15) is 79.0 Å². The van der Waals surface area contributed by atoms with E-state index in [0.717, 1.165) is 171 Å². The maximum absolute atomic E-state index is 13.2. The van der Waals surface area contributed by atoms with Crippen LogP contribution in [0.25, 0.3) is 9.69 Å². The number of aliphatic hydroxyl groups excluding tert-OH is 1. The lowest BCUT2D eigenvalue weighted by atomic mass is 9.55. The highest BCUT2D eigenvalue weighted by Gasteiger charge is 2.87. The number of aliphatic hydroxyl groups is 1. The van der Waals surface area contributed by atoms with Crippen LogP contribution >= 0.6 is 60.2 Å². The monoisotopic (exact) mass is 2180 g/mol. The number of nitrogens with zero attached hydrogens (tertiary/aromatic N) is 7. The van der Waals surface area contributed by atoms with Gasteiger partial charge in [-0.25, -0.2) is 27.2 Å². The minimum absolute atomic E-state index is 0.132. The molecule has 0 heterocycles. The molecule has 8 rings (SSSR count). The number of benzene rings is 2. The van der Waals surface area contributed by atoms with Crippen LogP contribution in [0.3, 0.4) is 0 Å². The Morgan fingerprint density at radius 3 is 1.11 bits per heavy atom. The van der Waals surface area contributed by atoms with Gasteiger partial charge in [-0.3, -0.25) is 0 Å². The molecule has 17 nitrogen and oxygen atoms in total. The Morgan fingerprint density at radius 1 is 0.413 bits per heavy atom. The van der Waals surface area contributed by atoms with E-state index >= 15 is 0 Å². The summed E-state index contributed by atoms with van der Waals surface area (Å²) in [4.78, 5) is 11.4. The molecule has 0 aliphatic heterocycles. The highest BCUT2D eigenvalue weighted by molar-refractivity contribution is 8.77. The third kappa shape index (κ3) is 36.6. The fraction of sp³-hybridized carbons (Fsp3) is 0.863. The summed E-state index contributed by atoms with van der Waals surface area (Å²) in [6.45, 7) is 57.6. The van der Waals surface area contributed by atoms with E-state index in [4.69, 9.17) is 50.8 Å². The van der Waals surface area contributed by atoms with Crippen LogP contribution in [-0.2, 0) is 45.4 Å². The van der Waals surface area contributed by atoms with Crippen molar-refractivity contribution in [2.24, 2.45) is 34.5 Å². The Morgan fingerprint density at radius 2 is 0.762 bits per heavy atom. The Balaban J connectivity index is 0.000000372. The predicted molar refractivity (Wildman–Crippen MR) is 543 cm³/mol. The number of alkyl halides is 18. The molecule has 0 spiro atoms. The van der Waals surface area contributed by atoms with Crippen molar-refractivity contribution in [3.8, 4) is 11.5 Å². The lowest BCUT2D eigenvalue weighted by molar-refractivity contribution is -0.458. The summed E-state index contributed by atoms with van der Waals surface area (Å²) in [5, 5.41) is 8.90. The molecule has 4 saturated carbocycles. The Hall–Kier alpha value is -2.50. The molecule has 0 aromatic heterocycles. The van der Waals surface area contributed by atoms with Gasteiger partial charge in [-0.05, 0) is 359 Å². The second-order valence-electron chi connectivity index (χ2n) is 42.4. The first-order valence-electron chi connectivity index (χ1n) is 51.2. The van der Waals surface area contributed by atoms with Crippen LogP contribution in [0.5, 0.6) is 11.5 Å². The number of unbranched alkanes of at least 4 members (excludes halogenated alkanes) is 6. The fourth-order valence-electron chi connectivity index (χ4n) is 21.6. The van der Waals surface area contributed by atoms with Crippen LogP contribution in [0.1, 0.15) is 300 Å². The van der Waals surface area contributed by atoms with Crippen molar-refractivity contribution < 1.29 is 126 Å². The second kappa shape index (κ2) is 58.7. The third-order valence-corrected chi connectivity index (χ3v) is 40.8. The first kappa shape index (κ1) is 129. The summed E-state index contributed by atoms with van der Waals surface area (Å²) in [7, 11) is 10.0. The van der Waals surface area contributed by atoms with Gasteiger partial charge in [-0.1, -0.05) is 94.8 Å².